The minimum Gasteiger partial charge on any atom is -0.496 e. The molecule has 35 heavy (non-hydrogen) atoms. The molecule has 0 N–H and O–H groups in total. The average molecular weight is 496 g/mol. The number of pyridine rings is 1. The molecule has 3 rings (SSSR count). The largest absolute Gasteiger partial charge is 0.496 e. The normalized spacial score (nSPS) is 12.1. The predicted molar refractivity (Wildman–Crippen MR) is 146 cm³/mol. The van der Waals surface area contributed by atoms with E-state index in [4.69, 9.17) is 23.6 Å². The highest BCUT2D eigenvalue weighted by Crippen LogP contribution is 2.46. The van der Waals surface area contributed by atoms with Crippen LogP contribution in [0.1, 0.15) is 58.4 Å². The molecule has 0 amide bonds. The summed E-state index contributed by atoms with van der Waals surface area (Å²) in [6.45, 7) is 16.7. The molecule has 1 heterocycles. The third-order valence-corrected chi connectivity index (χ3v) is 13.2. The monoisotopic (exact) mass is 495 g/mol. The van der Waals surface area contributed by atoms with E-state index in [0.29, 0.717) is 41.3 Å². The summed E-state index contributed by atoms with van der Waals surface area (Å²) in [5, 5.41) is 1.82. The van der Waals surface area contributed by atoms with Gasteiger partial charge in [-0.3, -0.25) is 4.98 Å². The van der Waals surface area contributed by atoms with Crippen LogP contribution in [0.2, 0.25) is 16.6 Å². The zero-order chi connectivity index (χ0) is 25.8. The summed E-state index contributed by atoms with van der Waals surface area (Å²) in [6, 6.07) is 12.2. The summed E-state index contributed by atoms with van der Waals surface area (Å²) in [5.74, 6) is 2.12. The highest BCUT2D eigenvalue weighted by molar-refractivity contribution is 6.77. The second-order valence-electron chi connectivity index (χ2n) is 10.1. The van der Waals surface area contributed by atoms with Gasteiger partial charge < -0.3 is 18.6 Å². The summed E-state index contributed by atoms with van der Waals surface area (Å²) in [4.78, 5) is 4.79. The fraction of sp³-hybridized carbons (Fsp3) is 0.483. The number of nitrogens with zero attached hydrogens (tertiary/aromatic N) is 1. The highest BCUT2D eigenvalue weighted by Gasteiger charge is 2.45. The van der Waals surface area contributed by atoms with E-state index in [2.05, 4.69) is 47.6 Å². The van der Waals surface area contributed by atoms with E-state index >= 15 is 0 Å². The quantitative estimate of drug-likeness (QED) is 0.254. The smallest absolute Gasteiger partial charge is 0.200 e. The van der Waals surface area contributed by atoms with Gasteiger partial charge in [-0.05, 0) is 35.2 Å². The van der Waals surface area contributed by atoms with E-state index in [-0.39, 0.29) is 0 Å². The molecule has 0 saturated heterocycles. The lowest BCUT2D eigenvalue weighted by Gasteiger charge is -2.42. The Morgan fingerprint density at radius 1 is 0.771 bits per heavy atom. The first-order valence-corrected chi connectivity index (χ1v) is 14.6. The average Bonchev–Trinajstić information content (AvgIpc) is 2.82. The zero-order valence-electron chi connectivity index (χ0n) is 22.8. The first-order valence-electron chi connectivity index (χ1n) is 12.5. The second-order valence-corrected chi connectivity index (χ2v) is 15.6. The lowest BCUT2D eigenvalue weighted by atomic mass is 10.0. The Labute approximate surface area is 211 Å². The van der Waals surface area contributed by atoms with Crippen molar-refractivity contribution >= 4 is 19.1 Å². The van der Waals surface area contributed by atoms with Crippen molar-refractivity contribution in [3.63, 3.8) is 0 Å². The summed E-state index contributed by atoms with van der Waals surface area (Å²) in [7, 11) is 1.35. The molecule has 0 bridgehead atoms. The second kappa shape index (κ2) is 11.4. The lowest BCUT2D eigenvalue weighted by molar-refractivity contribution is 0.262. The van der Waals surface area contributed by atoms with Crippen LogP contribution >= 0.6 is 0 Å². The van der Waals surface area contributed by atoms with Gasteiger partial charge in [0, 0.05) is 22.5 Å². The number of hydrogen-bond acceptors (Lipinski definition) is 5. The first-order chi connectivity index (χ1) is 16.7. The van der Waals surface area contributed by atoms with Crippen molar-refractivity contribution in [2.45, 2.75) is 78.3 Å². The van der Waals surface area contributed by atoms with Crippen LogP contribution in [0.15, 0.2) is 42.6 Å². The maximum atomic E-state index is 6.81. The van der Waals surface area contributed by atoms with Crippen LogP contribution in [0.5, 0.6) is 17.2 Å². The Balaban J connectivity index is 2.03. The Morgan fingerprint density at radius 3 is 1.91 bits per heavy atom. The standard InChI is InChI=1S/C29H41NO4Si/c1-19(2)35(20(3)4,21(5)6)34-18-24-15-25-26(16-30-24)29(28(32-9)22(7)27(25)31-8)33-17-23-13-11-10-12-14-23/h10-16,19-21H,17-18H2,1-9H3. The molecule has 0 fully saturated rings. The molecule has 2 aromatic carbocycles. The number of benzene rings is 2. The molecule has 0 unspecified atom stereocenters. The van der Waals surface area contributed by atoms with Gasteiger partial charge in [-0.2, -0.15) is 0 Å². The van der Waals surface area contributed by atoms with Gasteiger partial charge in [0.1, 0.15) is 12.4 Å². The van der Waals surface area contributed by atoms with Crippen molar-refractivity contribution in [3.05, 3.63) is 59.4 Å². The zero-order valence-corrected chi connectivity index (χ0v) is 23.8. The van der Waals surface area contributed by atoms with Crippen molar-refractivity contribution in [2.24, 2.45) is 0 Å². The molecule has 3 aromatic rings. The Kier molecular flexibility index (Phi) is 8.83. The molecule has 0 atom stereocenters. The number of fused-ring (bicyclic) bond motifs is 1. The summed E-state index contributed by atoms with van der Waals surface area (Å²) >= 11 is 0. The maximum absolute atomic E-state index is 6.81. The summed E-state index contributed by atoms with van der Waals surface area (Å²) in [6.07, 6.45) is 1.86. The lowest BCUT2D eigenvalue weighted by Crippen LogP contribution is -2.47. The molecule has 0 saturated carbocycles. The van der Waals surface area contributed by atoms with Crippen LogP contribution < -0.4 is 14.2 Å². The fourth-order valence-corrected chi connectivity index (χ4v) is 11.0. The van der Waals surface area contributed by atoms with Crippen molar-refractivity contribution in [3.8, 4) is 17.2 Å². The van der Waals surface area contributed by atoms with Gasteiger partial charge in [0.15, 0.2) is 11.5 Å². The molecule has 5 nitrogen and oxygen atoms in total. The molecule has 0 spiro atoms. The molecule has 0 radical (unpaired) electrons. The van der Waals surface area contributed by atoms with E-state index in [1.807, 2.05) is 43.5 Å². The summed E-state index contributed by atoms with van der Waals surface area (Å²) in [5.41, 5.74) is 4.43. The molecule has 6 heteroatoms. The Hall–Kier alpha value is -2.57. The SMILES string of the molecule is COc1c(C)c(OC)c2cc(CO[Si](C(C)C)(C(C)C)C(C)C)ncc2c1OCc1ccccc1. The minimum absolute atomic E-state index is 0.439. The Bertz CT molecular complexity index is 1110. The van der Waals surface area contributed by atoms with Gasteiger partial charge in [0.25, 0.3) is 0 Å². The van der Waals surface area contributed by atoms with Crippen molar-refractivity contribution in [1.29, 1.82) is 0 Å². The van der Waals surface area contributed by atoms with E-state index in [1.165, 1.54) is 0 Å². The fourth-order valence-electron chi connectivity index (χ4n) is 5.62. The van der Waals surface area contributed by atoms with Gasteiger partial charge in [-0.15, -0.1) is 0 Å². The number of aromatic nitrogens is 1. The molecule has 1 aromatic heterocycles. The molecular formula is C29H41NO4Si. The van der Waals surface area contributed by atoms with Crippen LogP contribution in [-0.4, -0.2) is 27.5 Å². The van der Waals surface area contributed by atoms with E-state index in [1.54, 1.807) is 14.2 Å². The van der Waals surface area contributed by atoms with Crippen LogP contribution in [0, 0.1) is 6.92 Å². The predicted octanol–water partition coefficient (Wildman–Crippen LogP) is 7.83. The number of rotatable bonds is 11. The number of methoxy groups -OCH3 is 2. The Morgan fingerprint density at radius 2 is 1.37 bits per heavy atom. The van der Waals surface area contributed by atoms with E-state index in [9.17, 15) is 0 Å². The topological polar surface area (TPSA) is 49.8 Å². The van der Waals surface area contributed by atoms with Gasteiger partial charge >= 0.3 is 0 Å². The third-order valence-electron chi connectivity index (χ3n) is 7.15. The molecule has 0 aliphatic rings. The van der Waals surface area contributed by atoms with Gasteiger partial charge in [-0.1, -0.05) is 71.9 Å². The van der Waals surface area contributed by atoms with Crippen molar-refractivity contribution < 1.29 is 18.6 Å². The van der Waals surface area contributed by atoms with Crippen LogP contribution in [0.3, 0.4) is 0 Å². The van der Waals surface area contributed by atoms with Crippen LogP contribution in [0.4, 0.5) is 0 Å². The maximum Gasteiger partial charge on any atom is 0.200 e. The number of ether oxygens (including phenoxy) is 3. The first kappa shape index (κ1) is 27.0. The van der Waals surface area contributed by atoms with Gasteiger partial charge in [-0.25, -0.2) is 0 Å². The molecule has 0 aliphatic heterocycles. The molecule has 0 aliphatic carbocycles. The molecular weight excluding hydrogens is 454 g/mol. The van der Waals surface area contributed by atoms with Crippen molar-refractivity contribution in [1.82, 2.24) is 4.98 Å². The van der Waals surface area contributed by atoms with E-state index in [0.717, 1.165) is 33.3 Å². The summed E-state index contributed by atoms with van der Waals surface area (Å²) < 4.78 is 24.7. The number of hydrogen-bond donors (Lipinski definition) is 0. The highest BCUT2D eigenvalue weighted by atomic mass is 28.4. The van der Waals surface area contributed by atoms with Gasteiger partial charge in [0.05, 0.1) is 26.5 Å². The van der Waals surface area contributed by atoms with Crippen LogP contribution in [0.25, 0.3) is 10.8 Å². The molecule has 190 valence electrons. The van der Waals surface area contributed by atoms with E-state index < -0.39 is 8.32 Å². The van der Waals surface area contributed by atoms with Gasteiger partial charge in [0.2, 0.25) is 8.32 Å². The third kappa shape index (κ3) is 5.33. The van der Waals surface area contributed by atoms with Crippen molar-refractivity contribution in [2.75, 3.05) is 14.2 Å². The minimum atomic E-state index is -2.00. The van der Waals surface area contributed by atoms with Crippen LogP contribution in [-0.2, 0) is 17.6 Å².